The van der Waals surface area contributed by atoms with E-state index in [0.29, 0.717) is 11.4 Å². The number of carbonyl (C=O) groups is 1. The highest BCUT2D eigenvalue weighted by Gasteiger charge is 2.35. The van der Waals surface area contributed by atoms with Gasteiger partial charge in [-0.2, -0.15) is 0 Å². The molecule has 0 aromatic heterocycles. The van der Waals surface area contributed by atoms with Crippen LogP contribution in [0.15, 0.2) is 24.3 Å². The average molecular weight is 326 g/mol. The highest BCUT2D eigenvalue weighted by Crippen LogP contribution is 2.34. The fourth-order valence-electron chi connectivity index (χ4n) is 2.44. The topological polar surface area (TPSA) is 75.7 Å². The van der Waals surface area contributed by atoms with Gasteiger partial charge in [-0.3, -0.25) is 9.10 Å². The van der Waals surface area contributed by atoms with Gasteiger partial charge >= 0.3 is 0 Å². The smallest absolute Gasteiger partial charge is 0.263 e. The summed E-state index contributed by atoms with van der Waals surface area (Å²) in [6.45, 7) is 3.98. The number of rotatable bonds is 5. The molecule has 1 aliphatic rings. The first kappa shape index (κ1) is 16.6. The van der Waals surface area contributed by atoms with Gasteiger partial charge in [0.15, 0.2) is 6.10 Å². The second-order valence-corrected chi connectivity index (χ2v) is 7.30. The number of hydrogen-bond donors (Lipinski definition) is 1. The maximum Gasteiger partial charge on any atom is 0.263 e. The van der Waals surface area contributed by atoms with E-state index in [2.05, 4.69) is 5.32 Å². The molecular formula is C15H22N2O4S. The Morgan fingerprint density at radius 1 is 1.36 bits per heavy atom. The lowest BCUT2D eigenvalue weighted by Gasteiger charge is -2.34. The molecule has 1 aromatic carbocycles. The highest BCUT2D eigenvalue weighted by atomic mass is 32.2. The monoisotopic (exact) mass is 326 g/mol. The van der Waals surface area contributed by atoms with Crippen LogP contribution in [0.4, 0.5) is 5.69 Å². The van der Waals surface area contributed by atoms with Gasteiger partial charge in [0, 0.05) is 6.04 Å². The van der Waals surface area contributed by atoms with E-state index in [9.17, 15) is 13.2 Å². The molecule has 1 aliphatic heterocycles. The van der Waals surface area contributed by atoms with Crippen LogP contribution in [0, 0.1) is 0 Å². The summed E-state index contributed by atoms with van der Waals surface area (Å²) >= 11 is 0. The van der Waals surface area contributed by atoms with E-state index in [1.54, 1.807) is 24.3 Å². The molecule has 2 rings (SSSR count). The van der Waals surface area contributed by atoms with Crippen LogP contribution in [-0.4, -0.2) is 39.3 Å². The molecular weight excluding hydrogens is 304 g/mol. The molecule has 1 amide bonds. The second-order valence-electron chi connectivity index (χ2n) is 5.39. The van der Waals surface area contributed by atoms with E-state index in [1.807, 2.05) is 13.8 Å². The minimum atomic E-state index is -3.47. The van der Waals surface area contributed by atoms with Crippen molar-refractivity contribution in [1.82, 2.24) is 5.32 Å². The van der Waals surface area contributed by atoms with Crippen molar-refractivity contribution >= 4 is 21.6 Å². The number of amides is 1. The number of fused-ring (bicyclic) bond motifs is 1. The zero-order valence-corrected chi connectivity index (χ0v) is 13.9. The SMILES string of the molecule is CCC(CC)NC(=O)C1CN(S(C)(=O)=O)c2ccccc2O1. The quantitative estimate of drug-likeness (QED) is 0.890. The molecule has 1 N–H and O–H groups in total. The van der Waals surface area contributed by atoms with Crippen molar-refractivity contribution in [2.45, 2.75) is 38.8 Å². The summed E-state index contributed by atoms with van der Waals surface area (Å²) in [6.07, 6.45) is 1.93. The second kappa shape index (κ2) is 6.56. The Labute approximate surface area is 131 Å². The Bertz CT molecular complexity index is 641. The van der Waals surface area contributed by atoms with Crippen LogP contribution in [0.5, 0.6) is 5.75 Å². The van der Waals surface area contributed by atoms with Gasteiger partial charge in [-0.05, 0) is 25.0 Å². The van der Waals surface area contributed by atoms with Gasteiger partial charge in [0.05, 0.1) is 18.5 Å². The van der Waals surface area contributed by atoms with Gasteiger partial charge < -0.3 is 10.1 Å². The third kappa shape index (κ3) is 3.52. The third-order valence-corrected chi connectivity index (χ3v) is 4.91. The maximum atomic E-state index is 12.4. The lowest BCUT2D eigenvalue weighted by atomic mass is 10.1. The summed E-state index contributed by atoms with van der Waals surface area (Å²) in [7, 11) is -3.47. The molecule has 122 valence electrons. The first-order valence-electron chi connectivity index (χ1n) is 7.40. The van der Waals surface area contributed by atoms with Crippen molar-refractivity contribution in [3.05, 3.63) is 24.3 Å². The summed E-state index contributed by atoms with van der Waals surface area (Å²) in [5.74, 6) is 0.126. The van der Waals surface area contributed by atoms with Gasteiger partial charge in [-0.1, -0.05) is 26.0 Å². The standard InChI is InChI=1S/C15H22N2O4S/c1-4-11(5-2)16-15(18)14-10-17(22(3,19)20)12-8-6-7-9-13(12)21-14/h6-9,11,14H,4-5,10H2,1-3H3,(H,16,18). The number of ether oxygens (including phenoxy) is 1. The molecule has 0 radical (unpaired) electrons. The molecule has 0 aliphatic carbocycles. The van der Waals surface area contributed by atoms with Crippen molar-refractivity contribution in [3.63, 3.8) is 0 Å². The van der Waals surface area contributed by atoms with E-state index in [1.165, 1.54) is 4.31 Å². The van der Waals surface area contributed by atoms with Crippen LogP contribution in [-0.2, 0) is 14.8 Å². The number of nitrogens with one attached hydrogen (secondary N) is 1. The van der Waals surface area contributed by atoms with Gasteiger partial charge in [-0.25, -0.2) is 8.42 Å². The lowest BCUT2D eigenvalue weighted by molar-refractivity contribution is -0.128. The van der Waals surface area contributed by atoms with Crippen LogP contribution in [0.2, 0.25) is 0 Å². The molecule has 0 saturated carbocycles. The lowest BCUT2D eigenvalue weighted by Crippen LogP contribution is -2.52. The number of hydrogen-bond acceptors (Lipinski definition) is 4. The van der Waals surface area contributed by atoms with E-state index in [-0.39, 0.29) is 18.5 Å². The first-order chi connectivity index (χ1) is 10.4. The normalized spacial score (nSPS) is 17.8. The van der Waals surface area contributed by atoms with Crippen molar-refractivity contribution in [2.24, 2.45) is 0 Å². The zero-order chi connectivity index (χ0) is 16.3. The number of sulfonamides is 1. The third-order valence-electron chi connectivity index (χ3n) is 3.76. The molecule has 1 heterocycles. The fraction of sp³-hybridized carbons (Fsp3) is 0.533. The zero-order valence-electron chi connectivity index (χ0n) is 13.1. The number of carbonyl (C=O) groups excluding carboxylic acids is 1. The molecule has 0 saturated heterocycles. The molecule has 22 heavy (non-hydrogen) atoms. The van der Waals surface area contributed by atoms with Crippen LogP contribution in [0.3, 0.4) is 0 Å². The van der Waals surface area contributed by atoms with Crippen molar-refractivity contribution in [3.8, 4) is 5.75 Å². The van der Waals surface area contributed by atoms with Crippen molar-refractivity contribution in [1.29, 1.82) is 0 Å². The van der Waals surface area contributed by atoms with Gasteiger partial charge in [0.2, 0.25) is 10.0 Å². The Morgan fingerprint density at radius 3 is 2.59 bits per heavy atom. The molecule has 0 bridgehead atoms. The first-order valence-corrected chi connectivity index (χ1v) is 9.25. The predicted molar refractivity (Wildman–Crippen MR) is 85.6 cm³/mol. The summed E-state index contributed by atoms with van der Waals surface area (Å²) in [4.78, 5) is 12.4. The van der Waals surface area contributed by atoms with Gasteiger partial charge in [-0.15, -0.1) is 0 Å². The Kier molecular flexibility index (Phi) is 4.95. The Morgan fingerprint density at radius 2 is 2.00 bits per heavy atom. The number of para-hydroxylation sites is 2. The van der Waals surface area contributed by atoms with Crippen LogP contribution >= 0.6 is 0 Å². The molecule has 7 heteroatoms. The summed E-state index contributed by atoms with van der Waals surface area (Å²) in [5.41, 5.74) is 0.469. The largest absolute Gasteiger partial charge is 0.476 e. The fourth-order valence-corrected chi connectivity index (χ4v) is 3.35. The number of nitrogens with zero attached hydrogens (tertiary/aromatic N) is 1. The summed E-state index contributed by atoms with van der Waals surface area (Å²) in [5, 5.41) is 2.90. The minimum absolute atomic E-state index is 0.0121. The van der Waals surface area contributed by atoms with Crippen molar-refractivity contribution < 1.29 is 17.9 Å². The molecule has 1 aromatic rings. The predicted octanol–water partition coefficient (Wildman–Crippen LogP) is 1.52. The Hall–Kier alpha value is -1.76. The average Bonchev–Trinajstić information content (AvgIpc) is 2.50. The van der Waals surface area contributed by atoms with E-state index in [4.69, 9.17) is 4.74 Å². The highest BCUT2D eigenvalue weighted by molar-refractivity contribution is 7.92. The molecule has 0 fully saturated rings. The van der Waals surface area contributed by atoms with E-state index < -0.39 is 16.1 Å². The van der Waals surface area contributed by atoms with Crippen LogP contribution < -0.4 is 14.4 Å². The summed E-state index contributed by atoms with van der Waals surface area (Å²) < 4.78 is 30.9. The van der Waals surface area contributed by atoms with E-state index >= 15 is 0 Å². The van der Waals surface area contributed by atoms with Crippen molar-refractivity contribution in [2.75, 3.05) is 17.1 Å². The molecule has 6 nitrogen and oxygen atoms in total. The number of benzene rings is 1. The van der Waals surface area contributed by atoms with E-state index in [0.717, 1.165) is 19.1 Å². The molecule has 0 spiro atoms. The van der Waals surface area contributed by atoms with Crippen LogP contribution in [0.25, 0.3) is 0 Å². The van der Waals surface area contributed by atoms with Gasteiger partial charge in [0.25, 0.3) is 5.91 Å². The maximum absolute atomic E-state index is 12.4. The van der Waals surface area contributed by atoms with Crippen LogP contribution in [0.1, 0.15) is 26.7 Å². The number of anilines is 1. The molecule has 1 atom stereocenters. The summed E-state index contributed by atoms with van der Waals surface area (Å²) in [6, 6.07) is 6.90. The molecule has 1 unspecified atom stereocenters. The minimum Gasteiger partial charge on any atom is -0.476 e. The van der Waals surface area contributed by atoms with Gasteiger partial charge in [0.1, 0.15) is 5.75 Å². The Balaban J connectivity index is 2.25.